The van der Waals surface area contributed by atoms with Gasteiger partial charge in [-0.3, -0.25) is 0 Å². The van der Waals surface area contributed by atoms with E-state index in [1.807, 2.05) is 0 Å². The molecule has 200 valence electrons. The van der Waals surface area contributed by atoms with E-state index in [1.54, 1.807) is 0 Å². The first-order chi connectivity index (χ1) is 16.1. The molecule has 6 aliphatic carbocycles. The molecule has 4 nitrogen and oxygen atoms in total. The van der Waals surface area contributed by atoms with Crippen LogP contribution >= 0.6 is 0 Å². The van der Waals surface area contributed by atoms with Crippen LogP contribution in [0.15, 0.2) is 0 Å². The molecule has 35 heavy (non-hydrogen) atoms. The van der Waals surface area contributed by atoms with Crippen molar-refractivity contribution < 1.29 is 19.7 Å². The van der Waals surface area contributed by atoms with Crippen molar-refractivity contribution in [3.63, 3.8) is 0 Å². The van der Waals surface area contributed by atoms with Gasteiger partial charge in [0.15, 0.2) is 8.32 Å². The van der Waals surface area contributed by atoms with E-state index < -0.39 is 19.5 Å². The zero-order valence-electron chi connectivity index (χ0n) is 23.4. The van der Waals surface area contributed by atoms with Crippen LogP contribution in [-0.2, 0) is 4.43 Å². The first-order valence-electron chi connectivity index (χ1n) is 14.9. The molecule has 0 saturated heterocycles. The molecule has 0 aromatic heterocycles. The zero-order valence-corrected chi connectivity index (χ0v) is 24.4. The third-order valence-electron chi connectivity index (χ3n) is 13.8. The highest BCUT2D eigenvalue weighted by atomic mass is 28.4. The van der Waals surface area contributed by atoms with Crippen LogP contribution in [0.2, 0.25) is 18.1 Å². The molecule has 6 fully saturated rings. The molecule has 0 bridgehead atoms. The molecule has 0 aromatic carbocycles. The summed E-state index contributed by atoms with van der Waals surface area (Å²) >= 11 is 0. The van der Waals surface area contributed by atoms with E-state index in [1.165, 1.54) is 6.42 Å². The highest BCUT2D eigenvalue weighted by Gasteiger charge is 2.81. The summed E-state index contributed by atoms with van der Waals surface area (Å²) in [6.07, 6.45) is 8.47. The second-order valence-corrected chi connectivity index (χ2v) is 20.9. The van der Waals surface area contributed by atoms with Crippen molar-refractivity contribution in [2.45, 2.75) is 128 Å². The topological polar surface area (TPSA) is 69.9 Å². The number of fused-ring (bicyclic) bond motifs is 10. The smallest absolute Gasteiger partial charge is 0.191 e. The van der Waals surface area contributed by atoms with Crippen LogP contribution in [-0.4, -0.2) is 47.5 Å². The highest BCUT2D eigenvalue weighted by Crippen LogP contribution is 2.82. The van der Waals surface area contributed by atoms with Crippen LogP contribution < -0.4 is 0 Å². The van der Waals surface area contributed by atoms with Crippen LogP contribution in [0.5, 0.6) is 0 Å². The number of aliphatic hydroxyl groups excluding tert-OH is 1. The summed E-state index contributed by atoms with van der Waals surface area (Å²) in [5, 5.41) is 35.1. The van der Waals surface area contributed by atoms with E-state index in [9.17, 15) is 15.3 Å². The quantitative estimate of drug-likeness (QED) is 0.329. The number of hydrogen-bond acceptors (Lipinski definition) is 4. The standard InChI is InChI=1S/C30H52O4Si/c1-26(2,3)35(6,7)34-14-8-11-29(32)23-16-20(23)25-24-19-15-22(19)30(33)17-18(31)9-12-27(30,4)21(24)10-13-28(25,29)5/h18-25,31-33H,8-17H2,1-7H3/t18-,19-,20+,21?,22+,23-,24?,25?,27+,28-,29-,30+/m0/s1. The number of aliphatic hydroxyl groups is 3. The number of rotatable bonds is 5. The minimum absolute atomic E-state index is 0.00581. The Bertz CT molecular complexity index is 884. The van der Waals surface area contributed by atoms with Crippen LogP contribution in [0.25, 0.3) is 0 Å². The molecule has 0 spiro atoms. The van der Waals surface area contributed by atoms with Gasteiger partial charge in [0.1, 0.15) is 0 Å². The second-order valence-electron chi connectivity index (χ2n) is 16.1. The van der Waals surface area contributed by atoms with E-state index in [4.69, 9.17) is 4.43 Å². The molecule has 3 unspecified atom stereocenters. The van der Waals surface area contributed by atoms with Crippen molar-refractivity contribution in [1.82, 2.24) is 0 Å². The predicted molar refractivity (Wildman–Crippen MR) is 141 cm³/mol. The zero-order chi connectivity index (χ0) is 25.4. The summed E-state index contributed by atoms with van der Waals surface area (Å²) in [6.45, 7) is 17.1. The summed E-state index contributed by atoms with van der Waals surface area (Å²) in [5.74, 6) is 3.96. The predicted octanol–water partition coefficient (Wildman–Crippen LogP) is 5.75. The third-order valence-corrected chi connectivity index (χ3v) is 18.3. The summed E-state index contributed by atoms with van der Waals surface area (Å²) in [5.41, 5.74) is -1.29. The molecule has 3 N–H and O–H groups in total. The Hall–Kier alpha value is 0.0569. The summed E-state index contributed by atoms with van der Waals surface area (Å²) in [6, 6.07) is 0. The average molecular weight is 505 g/mol. The van der Waals surface area contributed by atoms with Gasteiger partial charge in [0.25, 0.3) is 0 Å². The van der Waals surface area contributed by atoms with Gasteiger partial charge in [-0.05, 0) is 122 Å². The van der Waals surface area contributed by atoms with E-state index in [-0.39, 0.29) is 22.0 Å². The van der Waals surface area contributed by atoms with Gasteiger partial charge in [0.2, 0.25) is 0 Å². The Labute approximate surface area is 214 Å². The fourth-order valence-electron chi connectivity index (χ4n) is 10.6. The molecule has 6 aliphatic rings. The van der Waals surface area contributed by atoms with Crippen molar-refractivity contribution in [3.05, 3.63) is 0 Å². The van der Waals surface area contributed by atoms with Gasteiger partial charge in [0, 0.05) is 13.0 Å². The molecule has 0 radical (unpaired) electrons. The lowest BCUT2D eigenvalue weighted by Gasteiger charge is -2.64. The molecule has 6 saturated carbocycles. The van der Waals surface area contributed by atoms with Crippen molar-refractivity contribution in [2.24, 2.45) is 52.3 Å². The Morgan fingerprint density at radius 3 is 2.26 bits per heavy atom. The first kappa shape index (κ1) is 25.3. The molecule has 12 atom stereocenters. The third kappa shape index (κ3) is 3.17. The summed E-state index contributed by atoms with van der Waals surface area (Å²) in [7, 11) is -1.75. The Morgan fingerprint density at radius 2 is 1.57 bits per heavy atom. The van der Waals surface area contributed by atoms with E-state index in [0.717, 1.165) is 51.6 Å². The van der Waals surface area contributed by atoms with Crippen molar-refractivity contribution in [3.8, 4) is 0 Å². The van der Waals surface area contributed by atoms with Gasteiger partial charge in [-0.15, -0.1) is 0 Å². The van der Waals surface area contributed by atoms with Gasteiger partial charge in [-0.1, -0.05) is 34.6 Å². The van der Waals surface area contributed by atoms with Crippen molar-refractivity contribution in [2.75, 3.05) is 6.61 Å². The maximum atomic E-state index is 12.4. The van der Waals surface area contributed by atoms with Gasteiger partial charge >= 0.3 is 0 Å². The lowest BCUT2D eigenvalue weighted by Crippen LogP contribution is -2.65. The lowest BCUT2D eigenvalue weighted by atomic mass is 9.42. The van der Waals surface area contributed by atoms with E-state index in [0.29, 0.717) is 47.8 Å². The van der Waals surface area contributed by atoms with Gasteiger partial charge < -0.3 is 19.7 Å². The molecule has 0 aliphatic heterocycles. The monoisotopic (exact) mass is 504 g/mol. The molecular formula is C30H52O4Si. The minimum atomic E-state index is -1.75. The van der Waals surface area contributed by atoms with E-state index in [2.05, 4.69) is 47.7 Å². The van der Waals surface area contributed by atoms with Crippen LogP contribution in [0, 0.1) is 52.3 Å². The molecule has 0 heterocycles. The molecule has 0 aromatic rings. The van der Waals surface area contributed by atoms with Gasteiger partial charge in [-0.2, -0.15) is 0 Å². The lowest BCUT2D eigenvalue weighted by molar-refractivity contribution is -0.237. The van der Waals surface area contributed by atoms with Crippen LogP contribution in [0.4, 0.5) is 0 Å². The fraction of sp³-hybridized carbons (Fsp3) is 1.00. The molecule has 0 amide bonds. The fourth-order valence-corrected chi connectivity index (χ4v) is 11.7. The Morgan fingerprint density at radius 1 is 0.914 bits per heavy atom. The van der Waals surface area contributed by atoms with E-state index >= 15 is 0 Å². The molecular weight excluding hydrogens is 452 g/mol. The highest BCUT2D eigenvalue weighted by molar-refractivity contribution is 6.74. The SMILES string of the molecule is CC(C)(C)[Si](C)(C)OCCC[C@]1(O)[C@H]2C[C@H]2C2C3C(CC[C@@]21C)[C@@]1(C)CC[C@H](O)C[C@@]1(O)[C@@H]1C[C@H]31. The van der Waals surface area contributed by atoms with Gasteiger partial charge in [0.05, 0.1) is 17.3 Å². The van der Waals surface area contributed by atoms with Crippen LogP contribution in [0.3, 0.4) is 0 Å². The van der Waals surface area contributed by atoms with Crippen molar-refractivity contribution in [1.29, 1.82) is 0 Å². The largest absolute Gasteiger partial charge is 0.417 e. The first-order valence-corrected chi connectivity index (χ1v) is 17.8. The number of hydrogen-bond donors (Lipinski definition) is 3. The summed E-state index contributed by atoms with van der Waals surface area (Å²) in [4.78, 5) is 0. The maximum absolute atomic E-state index is 12.4. The average Bonchev–Trinajstić information content (AvgIpc) is 3.65. The molecule has 5 heteroatoms. The second kappa shape index (κ2) is 7.37. The van der Waals surface area contributed by atoms with Crippen molar-refractivity contribution >= 4 is 8.32 Å². The van der Waals surface area contributed by atoms with Gasteiger partial charge in [-0.25, -0.2) is 0 Å². The molecule has 6 rings (SSSR count). The Balaban J connectivity index is 1.21. The Kier molecular flexibility index (Phi) is 5.34. The van der Waals surface area contributed by atoms with Crippen LogP contribution in [0.1, 0.15) is 92.4 Å². The summed E-state index contributed by atoms with van der Waals surface area (Å²) < 4.78 is 6.50. The minimum Gasteiger partial charge on any atom is -0.417 e. The normalized spacial score (nSPS) is 56.4. The maximum Gasteiger partial charge on any atom is 0.191 e.